The van der Waals surface area contributed by atoms with Gasteiger partial charge in [0.1, 0.15) is 5.75 Å². The zero-order chi connectivity index (χ0) is 14.7. The molecule has 1 atom stereocenters. The molecule has 2 heteroatoms. The highest BCUT2D eigenvalue weighted by Gasteiger charge is 2.21. The summed E-state index contributed by atoms with van der Waals surface area (Å²) in [6.07, 6.45) is 2.40. The van der Waals surface area contributed by atoms with E-state index in [2.05, 4.69) is 42.6 Å². The van der Waals surface area contributed by atoms with Crippen LogP contribution in [0.4, 0.5) is 0 Å². The van der Waals surface area contributed by atoms with E-state index in [0.29, 0.717) is 12.6 Å². The first kappa shape index (κ1) is 14.2. The van der Waals surface area contributed by atoms with Gasteiger partial charge in [-0.3, -0.25) is 0 Å². The van der Waals surface area contributed by atoms with E-state index in [1.54, 1.807) is 0 Å². The standard InChI is InChI=1S/C19H23NO/c1-3-20-19-12-8-16-13-15(7-11-18(16)19)14-5-9-17(10-6-14)21-4-2/h5-7,9-11,13,19-20H,3-4,8,12H2,1-2H3. The third kappa shape index (κ3) is 2.96. The number of nitrogens with one attached hydrogen (secondary N) is 1. The van der Waals surface area contributed by atoms with Crippen molar-refractivity contribution < 1.29 is 4.74 Å². The molecule has 1 N–H and O–H groups in total. The molecule has 110 valence electrons. The largest absolute Gasteiger partial charge is 0.494 e. The Morgan fingerprint density at radius 1 is 1.05 bits per heavy atom. The van der Waals surface area contributed by atoms with E-state index >= 15 is 0 Å². The van der Waals surface area contributed by atoms with Gasteiger partial charge < -0.3 is 10.1 Å². The van der Waals surface area contributed by atoms with E-state index in [1.807, 2.05) is 19.1 Å². The summed E-state index contributed by atoms with van der Waals surface area (Å²) in [4.78, 5) is 0. The fourth-order valence-corrected chi connectivity index (χ4v) is 3.17. The first-order chi connectivity index (χ1) is 10.3. The highest BCUT2D eigenvalue weighted by atomic mass is 16.5. The molecular weight excluding hydrogens is 258 g/mol. The Kier molecular flexibility index (Phi) is 4.26. The van der Waals surface area contributed by atoms with Gasteiger partial charge in [0, 0.05) is 6.04 Å². The molecule has 1 aliphatic carbocycles. The summed E-state index contributed by atoms with van der Waals surface area (Å²) in [5.41, 5.74) is 5.53. The van der Waals surface area contributed by atoms with Crippen LogP contribution >= 0.6 is 0 Å². The number of benzene rings is 2. The summed E-state index contributed by atoms with van der Waals surface area (Å²) in [5, 5.41) is 3.56. The average Bonchev–Trinajstić information content (AvgIpc) is 2.91. The molecule has 0 heterocycles. The number of fused-ring (bicyclic) bond motifs is 1. The molecule has 1 aliphatic rings. The molecule has 2 aromatic carbocycles. The summed E-state index contributed by atoms with van der Waals surface area (Å²) in [7, 11) is 0. The molecule has 3 rings (SSSR count). The molecule has 1 unspecified atom stereocenters. The Labute approximate surface area is 127 Å². The lowest BCUT2D eigenvalue weighted by Crippen LogP contribution is -2.18. The van der Waals surface area contributed by atoms with Gasteiger partial charge in [0.2, 0.25) is 0 Å². The second-order valence-electron chi connectivity index (χ2n) is 5.52. The SMILES string of the molecule is CCNC1CCc2cc(-c3ccc(OCC)cc3)ccc21. The minimum absolute atomic E-state index is 0.541. The molecule has 2 nitrogen and oxygen atoms in total. The maximum absolute atomic E-state index is 5.50. The molecule has 0 aliphatic heterocycles. The normalized spacial score (nSPS) is 16.8. The number of hydrogen-bond donors (Lipinski definition) is 1. The number of aryl methyl sites for hydroxylation is 1. The van der Waals surface area contributed by atoms with Crippen molar-refractivity contribution >= 4 is 0 Å². The van der Waals surface area contributed by atoms with Crippen LogP contribution in [0.25, 0.3) is 11.1 Å². The van der Waals surface area contributed by atoms with Crippen molar-refractivity contribution in [3.63, 3.8) is 0 Å². The molecule has 0 saturated carbocycles. The molecule has 2 aromatic rings. The zero-order valence-electron chi connectivity index (χ0n) is 12.9. The predicted molar refractivity (Wildman–Crippen MR) is 87.8 cm³/mol. The first-order valence-corrected chi connectivity index (χ1v) is 7.91. The Morgan fingerprint density at radius 3 is 2.52 bits per heavy atom. The second-order valence-corrected chi connectivity index (χ2v) is 5.52. The van der Waals surface area contributed by atoms with Crippen molar-refractivity contribution in [2.75, 3.05) is 13.2 Å². The van der Waals surface area contributed by atoms with Gasteiger partial charge in [-0.2, -0.15) is 0 Å². The molecular formula is C19H23NO. The van der Waals surface area contributed by atoms with Gasteiger partial charge in [0.15, 0.2) is 0 Å². The van der Waals surface area contributed by atoms with Crippen LogP contribution in [-0.4, -0.2) is 13.2 Å². The lowest BCUT2D eigenvalue weighted by molar-refractivity contribution is 0.340. The van der Waals surface area contributed by atoms with E-state index in [0.717, 1.165) is 12.3 Å². The van der Waals surface area contributed by atoms with Crippen LogP contribution < -0.4 is 10.1 Å². The number of ether oxygens (including phenoxy) is 1. The van der Waals surface area contributed by atoms with Gasteiger partial charge in [-0.15, -0.1) is 0 Å². The van der Waals surface area contributed by atoms with E-state index in [-0.39, 0.29) is 0 Å². The van der Waals surface area contributed by atoms with Crippen molar-refractivity contribution in [2.24, 2.45) is 0 Å². The molecule has 0 radical (unpaired) electrons. The van der Waals surface area contributed by atoms with Crippen LogP contribution in [0.1, 0.15) is 37.4 Å². The predicted octanol–water partition coefficient (Wildman–Crippen LogP) is 4.35. The van der Waals surface area contributed by atoms with Gasteiger partial charge in [0.25, 0.3) is 0 Å². The first-order valence-electron chi connectivity index (χ1n) is 7.91. The number of hydrogen-bond acceptors (Lipinski definition) is 2. The highest BCUT2D eigenvalue weighted by Crippen LogP contribution is 2.34. The van der Waals surface area contributed by atoms with E-state index < -0.39 is 0 Å². The van der Waals surface area contributed by atoms with Crippen molar-refractivity contribution in [1.82, 2.24) is 5.32 Å². The molecule has 0 saturated heterocycles. The van der Waals surface area contributed by atoms with Gasteiger partial charge >= 0.3 is 0 Å². The Bertz CT molecular complexity index is 603. The Balaban J connectivity index is 1.84. The summed E-state index contributed by atoms with van der Waals surface area (Å²) in [6.45, 7) is 5.93. The van der Waals surface area contributed by atoms with Crippen LogP contribution in [0.2, 0.25) is 0 Å². The molecule has 21 heavy (non-hydrogen) atoms. The minimum Gasteiger partial charge on any atom is -0.494 e. The second kappa shape index (κ2) is 6.31. The van der Waals surface area contributed by atoms with Crippen molar-refractivity contribution in [2.45, 2.75) is 32.7 Å². The smallest absolute Gasteiger partial charge is 0.119 e. The van der Waals surface area contributed by atoms with E-state index in [1.165, 1.54) is 35.1 Å². The van der Waals surface area contributed by atoms with Gasteiger partial charge in [-0.25, -0.2) is 0 Å². The Morgan fingerprint density at radius 2 is 1.81 bits per heavy atom. The van der Waals surface area contributed by atoms with Gasteiger partial charge in [0.05, 0.1) is 6.61 Å². The van der Waals surface area contributed by atoms with Crippen LogP contribution in [0, 0.1) is 0 Å². The van der Waals surface area contributed by atoms with Crippen LogP contribution in [-0.2, 0) is 6.42 Å². The zero-order valence-corrected chi connectivity index (χ0v) is 12.9. The van der Waals surface area contributed by atoms with Crippen molar-refractivity contribution in [1.29, 1.82) is 0 Å². The van der Waals surface area contributed by atoms with Crippen LogP contribution in [0.3, 0.4) is 0 Å². The Hall–Kier alpha value is -1.80. The summed E-state index contributed by atoms with van der Waals surface area (Å²) in [5.74, 6) is 0.939. The van der Waals surface area contributed by atoms with Crippen LogP contribution in [0.15, 0.2) is 42.5 Å². The monoisotopic (exact) mass is 281 g/mol. The summed E-state index contributed by atoms with van der Waals surface area (Å²) < 4.78 is 5.50. The third-order valence-corrected chi connectivity index (χ3v) is 4.17. The summed E-state index contributed by atoms with van der Waals surface area (Å²) >= 11 is 0. The van der Waals surface area contributed by atoms with Crippen LogP contribution in [0.5, 0.6) is 5.75 Å². The van der Waals surface area contributed by atoms with E-state index in [4.69, 9.17) is 4.74 Å². The van der Waals surface area contributed by atoms with E-state index in [9.17, 15) is 0 Å². The maximum Gasteiger partial charge on any atom is 0.119 e. The fraction of sp³-hybridized carbons (Fsp3) is 0.368. The van der Waals surface area contributed by atoms with Gasteiger partial charge in [-0.05, 0) is 60.7 Å². The topological polar surface area (TPSA) is 21.3 Å². The minimum atomic E-state index is 0.541. The van der Waals surface area contributed by atoms with Crippen molar-refractivity contribution in [3.8, 4) is 16.9 Å². The molecule has 0 spiro atoms. The summed E-state index contributed by atoms with van der Waals surface area (Å²) in [6, 6.07) is 15.8. The molecule has 0 aromatic heterocycles. The van der Waals surface area contributed by atoms with Gasteiger partial charge in [-0.1, -0.05) is 37.3 Å². The molecule has 0 fully saturated rings. The maximum atomic E-state index is 5.50. The molecule has 0 amide bonds. The lowest BCUT2D eigenvalue weighted by atomic mass is 9.99. The fourth-order valence-electron chi connectivity index (χ4n) is 3.17. The third-order valence-electron chi connectivity index (χ3n) is 4.17. The highest BCUT2D eigenvalue weighted by molar-refractivity contribution is 5.66. The lowest BCUT2D eigenvalue weighted by Gasteiger charge is -2.13. The number of rotatable bonds is 5. The molecule has 0 bridgehead atoms. The quantitative estimate of drug-likeness (QED) is 0.879. The van der Waals surface area contributed by atoms with Crippen molar-refractivity contribution in [3.05, 3.63) is 53.6 Å². The average molecular weight is 281 g/mol.